The monoisotopic (exact) mass is 442 g/mol. The highest BCUT2D eigenvalue weighted by atomic mass is 19.4. The Bertz CT molecular complexity index is 1100. The van der Waals surface area contributed by atoms with Crippen LogP contribution in [0, 0.1) is 5.92 Å². The minimum absolute atomic E-state index is 0.119. The van der Waals surface area contributed by atoms with Gasteiger partial charge in [-0.25, -0.2) is 4.79 Å². The first-order chi connectivity index (χ1) is 15.3. The van der Waals surface area contributed by atoms with E-state index in [1.165, 1.54) is 12.1 Å². The highest BCUT2D eigenvalue weighted by Crippen LogP contribution is 2.35. The number of urea groups is 1. The van der Waals surface area contributed by atoms with Crippen LogP contribution in [0.4, 0.5) is 29.3 Å². The summed E-state index contributed by atoms with van der Waals surface area (Å²) in [7, 11) is 0. The van der Waals surface area contributed by atoms with Crippen molar-refractivity contribution in [1.82, 2.24) is 10.3 Å². The molecule has 2 heterocycles. The van der Waals surface area contributed by atoms with E-state index in [4.69, 9.17) is 0 Å². The minimum atomic E-state index is -4.41. The zero-order chi connectivity index (χ0) is 22.7. The van der Waals surface area contributed by atoms with Gasteiger partial charge in [-0.1, -0.05) is 19.1 Å². The molecule has 5 nitrogen and oxygen atoms in total. The third kappa shape index (κ3) is 4.95. The fourth-order valence-corrected chi connectivity index (χ4v) is 3.99. The van der Waals surface area contributed by atoms with Gasteiger partial charge in [0.25, 0.3) is 0 Å². The molecular formula is C24H25F3N4O. The van der Waals surface area contributed by atoms with Crippen LogP contribution in [0.25, 0.3) is 10.9 Å². The van der Waals surface area contributed by atoms with Crippen molar-refractivity contribution in [1.29, 1.82) is 0 Å². The van der Waals surface area contributed by atoms with Crippen LogP contribution in [-0.4, -0.2) is 24.1 Å². The summed E-state index contributed by atoms with van der Waals surface area (Å²) in [6.45, 7) is 3.67. The predicted octanol–water partition coefficient (Wildman–Crippen LogP) is 5.81. The lowest BCUT2D eigenvalue weighted by Crippen LogP contribution is -2.35. The molecule has 32 heavy (non-hydrogen) atoms. The number of hydrogen-bond donors (Lipinski definition) is 2. The Labute approximate surface area is 184 Å². The molecule has 1 aromatic heterocycles. The van der Waals surface area contributed by atoms with Crippen molar-refractivity contribution in [3.63, 3.8) is 0 Å². The van der Waals surface area contributed by atoms with Gasteiger partial charge in [0.15, 0.2) is 0 Å². The number of nitrogens with zero attached hydrogens (tertiary/aromatic N) is 2. The minimum Gasteiger partial charge on any atom is -0.371 e. The van der Waals surface area contributed by atoms with Crippen molar-refractivity contribution in [2.24, 2.45) is 5.92 Å². The summed E-state index contributed by atoms with van der Waals surface area (Å²) in [5, 5.41) is 6.40. The maximum atomic E-state index is 13.3. The second-order valence-electron chi connectivity index (χ2n) is 8.19. The van der Waals surface area contributed by atoms with Gasteiger partial charge in [0.2, 0.25) is 0 Å². The van der Waals surface area contributed by atoms with E-state index < -0.39 is 17.8 Å². The Hall–Kier alpha value is -3.29. The van der Waals surface area contributed by atoms with E-state index in [9.17, 15) is 18.0 Å². The van der Waals surface area contributed by atoms with Crippen LogP contribution >= 0.6 is 0 Å². The Kier molecular flexibility index (Phi) is 6.21. The standard InChI is InChI=1S/C24H25F3N4O/c1-16-9-12-31(13-10-16)22-14-18(24(25,26)27)8-7-17(22)15-29-23(32)30-21-6-2-5-20-19(21)4-3-11-28-20/h2-8,11,14,16H,9-10,12-13,15H2,1H3,(H2,29,30,32). The molecule has 1 aliphatic rings. The van der Waals surface area contributed by atoms with Crippen LogP contribution in [-0.2, 0) is 12.7 Å². The molecule has 8 heteroatoms. The molecule has 0 atom stereocenters. The summed E-state index contributed by atoms with van der Waals surface area (Å²) >= 11 is 0. The molecule has 2 aromatic carbocycles. The van der Waals surface area contributed by atoms with E-state index in [1.807, 2.05) is 17.0 Å². The van der Waals surface area contributed by atoms with Gasteiger partial charge in [-0.2, -0.15) is 13.2 Å². The normalized spacial score (nSPS) is 15.1. The summed E-state index contributed by atoms with van der Waals surface area (Å²) in [5.41, 5.74) is 1.88. The molecule has 1 fully saturated rings. The third-order valence-corrected chi connectivity index (χ3v) is 5.87. The molecule has 0 spiro atoms. The summed E-state index contributed by atoms with van der Waals surface area (Å²) in [6.07, 6.45) is -0.874. The van der Waals surface area contributed by atoms with E-state index in [1.54, 1.807) is 24.4 Å². The number of amides is 2. The molecule has 2 N–H and O–H groups in total. The zero-order valence-electron chi connectivity index (χ0n) is 17.7. The zero-order valence-corrected chi connectivity index (χ0v) is 17.7. The van der Waals surface area contributed by atoms with Gasteiger partial charge in [-0.3, -0.25) is 4.98 Å². The van der Waals surface area contributed by atoms with Gasteiger partial charge in [0.1, 0.15) is 0 Å². The molecule has 1 saturated heterocycles. The number of hydrogen-bond acceptors (Lipinski definition) is 3. The van der Waals surface area contributed by atoms with Crippen molar-refractivity contribution < 1.29 is 18.0 Å². The number of alkyl halides is 3. The summed E-state index contributed by atoms with van der Waals surface area (Å²) in [4.78, 5) is 18.8. The van der Waals surface area contributed by atoms with E-state index in [-0.39, 0.29) is 6.54 Å². The number of nitrogens with one attached hydrogen (secondary N) is 2. The lowest BCUT2D eigenvalue weighted by molar-refractivity contribution is -0.137. The van der Waals surface area contributed by atoms with Crippen molar-refractivity contribution >= 4 is 28.3 Å². The van der Waals surface area contributed by atoms with Gasteiger partial charge >= 0.3 is 12.2 Å². The van der Waals surface area contributed by atoms with Crippen LogP contribution < -0.4 is 15.5 Å². The van der Waals surface area contributed by atoms with Gasteiger partial charge in [0.05, 0.1) is 16.8 Å². The number of carbonyl (C=O) groups is 1. The van der Waals surface area contributed by atoms with Crippen LogP contribution in [0.3, 0.4) is 0 Å². The average molecular weight is 442 g/mol. The Balaban J connectivity index is 1.51. The molecule has 3 aromatic rings. The smallest absolute Gasteiger partial charge is 0.371 e. The summed E-state index contributed by atoms with van der Waals surface area (Å²) in [5.74, 6) is 0.555. The first kappa shape index (κ1) is 21.9. The van der Waals surface area contributed by atoms with Gasteiger partial charge in [0, 0.05) is 36.9 Å². The van der Waals surface area contributed by atoms with Crippen LogP contribution in [0.1, 0.15) is 30.9 Å². The highest BCUT2D eigenvalue weighted by molar-refractivity contribution is 6.00. The predicted molar refractivity (Wildman–Crippen MR) is 120 cm³/mol. The molecule has 4 rings (SSSR count). The molecule has 0 bridgehead atoms. The first-order valence-corrected chi connectivity index (χ1v) is 10.6. The molecular weight excluding hydrogens is 417 g/mol. The number of benzene rings is 2. The van der Waals surface area contributed by atoms with Gasteiger partial charge in [-0.15, -0.1) is 0 Å². The number of halogens is 3. The van der Waals surface area contributed by atoms with Crippen molar-refractivity contribution in [2.45, 2.75) is 32.5 Å². The van der Waals surface area contributed by atoms with Gasteiger partial charge in [-0.05, 0) is 60.7 Å². The molecule has 2 amide bonds. The first-order valence-electron chi connectivity index (χ1n) is 10.6. The summed E-state index contributed by atoms with van der Waals surface area (Å²) in [6, 6.07) is 12.4. The van der Waals surface area contributed by atoms with E-state index in [0.29, 0.717) is 35.9 Å². The van der Waals surface area contributed by atoms with Crippen LogP contribution in [0.5, 0.6) is 0 Å². The molecule has 168 valence electrons. The number of anilines is 2. The Morgan fingerprint density at radius 1 is 1.12 bits per heavy atom. The van der Waals surface area contributed by atoms with Crippen molar-refractivity contribution in [3.05, 3.63) is 65.9 Å². The lowest BCUT2D eigenvalue weighted by Gasteiger charge is -2.34. The van der Waals surface area contributed by atoms with Crippen molar-refractivity contribution in [3.8, 4) is 0 Å². The SMILES string of the molecule is CC1CCN(c2cc(C(F)(F)F)ccc2CNC(=O)Nc2cccc3ncccc23)CC1. The molecule has 0 radical (unpaired) electrons. The maximum Gasteiger partial charge on any atom is 0.416 e. The van der Waals surface area contributed by atoms with E-state index in [0.717, 1.165) is 29.8 Å². The Morgan fingerprint density at radius 2 is 1.91 bits per heavy atom. The Morgan fingerprint density at radius 3 is 2.66 bits per heavy atom. The average Bonchev–Trinajstić information content (AvgIpc) is 2.78. The largest absolute Gasteiger partial charge is 0.416 e. The van der Waals surface area contributed by atoms with Gasteiger partial charge < -0.3 is 15.5 Å². The highest BCUT2D eigenvalue weighted by Gasteiger charge is 2.32. The maximum absolute atomic E-state index is 13.3. The lowest BCUT2D eigenvalue weighted by atomic mass is 9.97. The van der Waals surface area contributed by atoms with Crippen molar-refractivity contribution in [2.75, 3.05) is 23.3 Å². The quantitative estimate of drug-likeness (QED) is 0.536. The molecule has 0 aliphatic carbocycles. The van der Waals surface area contributed by atoms with E-state index >= 15 is 0 Å². The van der Waals surface area contributed by atoms with Crippen LogP contribution in [0.15, 0.2) is 54.7 Å². The number of aromatic nitrogens is 1. The van der Waals surface area contributed by atoms with Crippen LogP contribution in [0.2, 0.25) is 0 Å². The number of pyridine rings is 1. The molecule has 0 unspecified atom stereocenters. The number of piperidine rings is 1. The fourth-order valence-electron chi connectivity index (χ4n) is 3.99. The molecule has 0 saturated carbocycles. The number of rotatable bonds is 4. The second kappa shape index (κ2) is 9.06. The fraction of sp³-hybridized carbons (Fsp3) is 0.333. The molecule has 1 aliphatic heterocycles. The number of fused-ring (bicyclic) bond motifs is 1. The number of carbonyl (C=O) groups excluding carboxylic acids is 1. The second-order valence-corrected chi connectivity index (χ2v) is 8.19. The third-order valence-electron chi connectivity index (χ3n) is 5.87. The summed E-state index contributed by atoms with van der Waals surface area (Å²) < 4.78 is 39.9. The topological polar surface area (TPSA) is 57.3 Å². The van der Waals surface area contributed by atoms with E-state index in [2.05, 4.69) is 22.5 Å².